The molecule has 1 aromatic heterocycles. The number of thiazole rings is 1. The van der Waals surface area contributed by atoms with E-state index in [4.69, 9.17) is 0 Å². The lowest BCUT2D eigenvalue weighted by atomic mass is 9.90. The Bertz CT molecular complexity index is 681. The molecule has 1 aliphatic heterocycles. The smallest absolute Gasteiger partial charge is 0.234 e. The maximum Gasteiger partial charge on any atom is 0.234 e. The zero-order chi connectivity index (χ0) is 14.1. The van der Waals surface area contributed by atoms with E-state index in [9.17, 15) is 9.59 Å². The van der Waals surface area contributed by atoms with Crippen LogP contribution in [0.15, 0.2) is 29.6 Å². The van der Waals surface area contributed by atoms with Crippen molar-refractivity contribution >= 4 is 34.0 Å². The molecule has 20 heavy (non-hydrogen) atoms. The Labute approximate surface area is 120 Å². The molecular formula is C14H13N3O2S. The Balaban J connectivity index is 1.86. The Morgan fingerprint density at radius 1 is 1.45 bits per heavy atom. The summed E-state index contributed by atoms with van der Waals surface area (Å²) >= 11 is 1.38. The highest BCUT2D eigenvalue weighted by molar-refractivity contribution is 7.13. The van der Waals surface area contributed by atoms with Crippen LogP contribution in [0.5, 0.6) is 0 Å². The number of fused-ring (bicyclic) bond motifs is 1. The van der Waals surface area contributed by atoms with Crippen molar-refractivity contribution < 1.29 is 9.59 Å². The molecule has 2 N–H and O–H groups in total. The van der Waals surface area contributed by atoms with Gasteiger partial charge in [-0.3, -0.25) is 9.59 Å². The average Bonchev–Trinajstić information content (AvgIpc) is 2.83. The van der Waals surface area contributed by atoms with Crippen LogP contribution >= 0.6 is 11.3 Å². The van der Waals surface area contributed by atoms with Crippen molar-refractivity contribution in [2.75, 3.05) is 10.6 Å². The zero-order valence-corrected chi connectivity index (χ0v) is 11.7. The van der Waals surface area contributed by atoms with Gasteiger partial charge in [-0.2, -0.15) is 0 Å². The Hall–Kier alpha value is -2.21. The minimum absolute atomic E-state index is 0.140. The van der Waals surface area contributed by atoms with E-state index in [-0.39, 0.29) is 18.2 Å². The number of carbonyl (C=O) groups excluding carboxylic acids is 2. The van der Waals surface area contributed by atoms with Gasteiger partial charge in [0.25, 0.3) is 0 Å². The number of rotatable bonds is 2. The standard InChI is InChI=1S/C14H13N3O2S/c1-8-7-20-14(15-8)17-13(19)10-6-12(18)16-11-5-3-2-4-9(10)11/h2-5,7,10H,6H2,1H3,(H,16,18)(H,15,17,19). The van der Waals surface area contributed by atoms with Crippen LogP contribution in [0, 0.1) is 6.92 Å². The Morgan fingerprint density at radius 2 is 2.25 bits per heavy atom. The van der Waals surface area contributed by atoms with Crippen molar-refractivity contribution in [3.63, 3.8) is 0 Å². The van der Waals surface area contributed by atoms with E-state index in [0.29, 0.717) is 10.8 Å². The summed E-state index contributed by atoms with van der Waals surface area (Å²) in [7, 11) is 0. The first-order chi connectivity index (χ1) is 9.63. The quantitative estimate of drug-likeness (QED) is 0.891. The van der Waals surface area contributed by atoms with Crippen LogP contribution < -0.4 is 10.6 Å². The zero-order valence-electron chi connectivity index (χ0n) is 10.8. The van der Waals surface area contributed by atoms with Crippen LogP contribution in [0.2, 0.25) is 0 Å². The number of hydrogen-bond donors (Lipinski definition) is 2. The monoisotopic (exact) mass is 287 g/mol. The van der Waals surface area contributed by atoms with Crippen LogP contribution in [-0.2, 0) is 9.59 Å². The van der Waals surface area contributed by atoms with Crippen LogP contribution in [0.1, 0.15) is 23.6 Å². The van der Waals surface area contributed by atoms with Crippen molar-refractivity contribution in [1.82, 2.24) is 4.98 Å². The molecule has 0 radical (unpaired) electrons. The van der Waals surface area contributed by atoms with Crippen molar-refractivity contribution in [2.24, 2.45) is 0 Å². The molecule has 2 heterocycles. The van der Waals surface area contributed by atoms with Gasteiger partial charge in [0.05, 0.1) is 11.6 Å². The third kappa shape index (κ3) is 2.42. The number of nitrogens with one attached hydrogen (secondary N) is 2. The van der Waals surface area contributed by atoms with Gasteiger partial charge in [0, 0.05) is 17.5 Å². The number of aryl methyl sites for hydroxylation is 1. The van der Waals surface area contributed by atoms with Gasteiger partial charge >= 0.3 is 0 Å². The van der Waals surface area contributed by atoms with E-state index in [2.05, 4.69) is 15.6 Å². The molecule has 6 heteroatoms. The summed E-state index contributed by atoms with van der Waals surface area (Å²) in [5.74, 6) is -0.801. The van der Waals surface area contributed by atoms with Crippen LogP contribution in [0.4, 0.5) is 10.8 Å². The molecule has 0 saturated heterocycles. The summed E-state index contributed by atoms with van der Waals surface area (Å²) < 4.78 is 0. The fraction of sp³-hybridized carbons (Fsp3) is 0.214. The number of anilines is 2. The topological polar surface area (TPSA) is 71.1 Å². The molecule has 5 nitrogen and oxygen atoms in total. The molecule has 0 saturated carbocycles. The summed E-state index contributed by atoms with van der Waals surface area (Å²) in [6, 6.07) is 7.38. The predicted octanol–water partition coefficient (Wildman–Crippen LogP) is 2.52. The second kappa shape index (κ2) is 5.05. The maximum absolute atomic E-state index is 12.4. The van der Waals surface area contributed by atoms with Gasteiger partial charge < -0.3 is 10.6 Å². The highest BCUT2D eigenvalue weighted by Gasteiger charge is 2.30. The molecule has 1 aromatic carbocycles. The first kappa shape index (κ1) is 12.8. The van der Waals surface area contributed by atoms with Gasteiger partial charge in [0.2, 0.25) is 11.8 Å². The molecule has 1 atom stereocenters. The van der Waals surface area contributed by atoms with E-state index >= 15 is 0 Å². The van der Waals surface area contributed by atoms with Crippen molar-refractivity contribution in [1.29, 1.82) is 0 Å². The molecule has 0 bridgehead atoms. The van der Waals surface area contributed by atoms with E-state index in [0.717, 1.165) is 11.3 Å². The van der Waals surface area contributed by atoms with E-state index in [1.165, 1.54) is 11.3 Å². The van der Waals surface area contributed by atoms with Crippen LogP contribution in [0.25, 0.3) is 0 Å². The van der Waals surface area contributed by atoms with E-state index in [1.807, 2.05) is 30.5 Å². The lowest BCUT2D eigenvalue weighted by Crippen LogP contribution is -2.30. The molecule has 2 aromatic rings. The van der Waals surface area contributed by atoms with E-state index < -0.39 is 5.92 Å². The van der Waals surface area contributed by atoms with Crippen molar-refractivity contribution in [2.45, 2.75) is 19.3 Å². The second-order valence-corrected chi connectivity index (χ2v) is 5.53. The number of amides is 2. The van der Waals surface area contributed by atoms with Gasteiger partial charge in [-0.15, -0.1) is 11.3 Å². The maximum atomic E-state index is 12.4. The highest BCUT2D eigenvalue weighted by Crippen LogP contribution is 2.33. The fourth-order valence-corrected chi connectivity index (χ4v) is 2.94. The Kier molecular flexibility index (Phi) is 3.23. The first-order valence-electron chi connectivity index (χ1n) is 6.25. The third-order valence-electron chi connectivity index (χ3n) is 3.17. The number of benzene rings is 1. The van der Waals surface area contributed by atoms with Gasteiger partial charge in [0.15, 0.2) is 5.13 Å². The normalized spacial score (nSPS) is 17.2. The molecule has 0 aliphatic carbocycles. The van der Waals surface area contributed by atoms with Crippen molar-refractivity contribution in [3.8, 4) is 0 Å². The molecular weight excluding hydrogens is 274 g/mol. The molecule has 3 rings (SSSR count). The summed E-state index contributed by atoms with van der Waals surface area (Å²) in [5.41, 5.74) is 2.42. The van der Waals surface area contributed by atoms with Crippen LogP contribution in [-0.4, -0.2) is 16.8 Å². The predicted molar refractivity (Wildman–Crippen MR) is 77.9 cm³/mol. The minimum Gasteiger partial charge on any atom is -0.326 e. The highest BCUT2D eigenvalue weighted by atomic mass is 32.1. The minimum atomic E-state index is -0.468. The van der Waals surface area contributed by atoms with Crippen LogP contribution in [0.3, 0.4) is 0 Å². The largest absolute Gasteiger partial charge is 0.326 e. The van der Waals surface area contributed by atoms with Gasteiger partial charge in [-0.25, -0.2) is 4.98 Å². The summed E-state index contributed by atoms with van der Waals surface area (Å²) in [4.78, 5) is 28.3. The van der Waals surface area contributed by atoms with Gasteiger partial charge in [0.1, 0.15) is 0 Å². The SMILES string of the molecule is Cc1csc(NC(=O)C2CC(=O)Nc3ccccc32)n1. The summed E-state index contributed by atoms with van der Waals surface area (Å²) in [5, 5.41) is 8.00. The molecule has 0 spiro atoms. The lowest BCUT2D eigenvalue weighted by molar-refractivity contribution is -0.123. The van der Waals surface area contributed by atoms with Crippen molar-refractivity contribution in [3.05, 3.63) is 40.9 Å². The molecule has 0 fully saturated rings. The molecule has 1 aliphatic rings. The second-order valence-electron chi connectivity index (χ2n) is 4.68. The first-order valence-corrected chi connectivity index (χ1v) is 7.13. The number of nitrogens with zero attached hydrogens (tertiary/aromatic N) is 1. The average molecular weight is 287 g/mol. The van der Waals surface area contributed by atoms with Gasteiger partial charge in [-0.1, -0.05) is 18.2 Å². The summed E-state index contributed by atoms with van der Waals surface area (Å²) in [6.07, 6.45) is 0.160. The number of aromatic nitrogens is 1. The fourth-order valence-electron chi connectivity index (χ4n) is 2.25. The molecule has 102 valence electrons. The number of carbonyl (C=O) groups is 2. The summed E-state index contributed by atoms with van der Waals surface area (Å²) in [6.45, 7) is 1.87. The number of hydrogen-bond acceptors (Lipinski definition) is 4. The number of para-hydroxylation sites is 1. The molecule has 2 amide bonds. The molecule has 1 unspecified atom stereocenters. The van der Waals surface area contributed by atoms with E-state index in [1.54, 1.807) is 6.07 Å². The van der Waals surface area contributed by atoms with Gasteiger partial charge in [-0.05, 0) is 18.6 Å². The third-order valence-corrected chi connectivity index (χ3v) is 4.04. The lowest BCUT2D eigenvalue weighted by Gasteiger charge is -2.24. The Morgan fingerprint density at radius 3 is 3.00 bits per heavy atom.